The Morgan fingerprint density at radius 1 is 1.46 bits per heavy atom. The molecule has 0 atom stereocenters. The highest BCUT2D eigenvalue weighted by molar-refractivity contribution is 7.14. The fourth-order valence-electron chi connectivity index (χ4n) is 0.787. The monoisotopic (exact) mass is 209 g/mol. The van der Waals surface area contributed by atoms with Crippen molar-refractivity contribution in [1.82, 2.24) is 4.98 Å². The minimum atomic E-state index is 0.613. The molecular formula is C9H4ClNOS. The van der Waals surface area contributed by atoms with Crippen LogP contribution in [0.3, 0.4) is 0 Å². The third-order valence-corrected chi connectivity index (χ3v) is 2.55. The van der Waals surface area contributed by atoms with Crippen molar-refractivity contribution >= 4 is 22.9 Å². The Morgan fingerprint density at radius 2 is 2.38 bits per heavy atom. The first-order valence-corrected chi connectivity index (χ1v) is 4.75. The molecule has 64 valence electrons. The highest BCUT2D eigenvalue weighted by Gasteiger charge is 1.96. The zero-order chi connectivity index (χ0) is 9.10. The van der Waals surface area contributed by atoms with E-state index in [9.17, 15) is 0 Å². The Hall–Kier alpha value is -1.24. The van der Waals surface area contributed by atoms with Gasteiger partial charge in [-0.3, -0.25) is 0 Å². The number of aromatic nitrogens is 1. The predicted octanol–water partition coefficient (Wildman–Crippen LogP) is 2.79. The Kier molecular flexibility index (Phi) is 2.35. The Morgan fingerprint density at radius 3 is 3.00 bits per heavy atom. The van der Waals surface area contributed by atoms with Crippen LogP contribution in [0, 0.1) is 11.8 Å². The normalized spacial score (nSPS) is 9.31. The molecule has 2 nitrogen and oxygen atoms in total. The lowest BCUT2D eigenvalue weighted by Crippen LogP contribution is -1.71. The maximum Gasteiger partial charge on any atom is 0.181 e. The molecule has 0 aliphatic carbocycles. The average Bonchev–Trinajstić information content (AvgIpc) is 2.72. The average molecular weight is 210 g/mol. The van der Waals surface area contributed by atoms with Gasteiger partial charge < -0.3 is 4.42 Å². The van der Waals surface area contributed by atoms with Crippen molar-refractivity contribution in [2.45, 2.75) is 0 Å². The lowest BCUT2D eigenvalue weighted by Gasteiger charge is -1.80. The van der Waals surface area contributed by atoms with Crippen LogP contribution in [0.25, 0.3) is 0 Å². The molecule has 0 amide bonds. The van der Waals surface area contributed by atoms with Gasteiger partial charge >= 0.3 is 0 Å². The van der Waals surface area contributed by atoms with Gasteiger partial charge in [-0.1, -0.05) is 17.5 Å². The van der Waals surface area contributed by atoms with Gasteiger partial charge in [0, 0.05) is 0 Å². The third kappa shape index (κ3) is 1.92. The summed E-state index contributed by atoms with van der Waals surface area (Å²) < 4.78 is 5.48. The quantitative estimate of drug-likeness (QED) is 0.624. The number of hydrogen-bond acceptors (Lipinski definition) is 3. The van der Waals surface area contributed by atoms with E-state index in [1.165, 1.54) is 24.0 Å². The van der Waals surface area contributed by atoms with E-state index < -0.39 is 0 Å². The number of nitrogens with zero attached hydrogens (tertiary/aromatic N) is 1. The van der Waals surface area contributed by atoms with Crippen LogP contribution in [0.15, 0.2) is 28.5 Å². The smallest absolute Gasteiger partial charge is 0.181 e. The van der Waals surface area contributed by atoms with Gasteiger partial charge in [-0.05, 0) is 17.4 Å². The standard InChI is InChI=1S/C9H4ClNOS/c10-9-7(3-4-13-9)1-2-8-5-12-6-11-8/h3-6H. The number of thiophene rings is 1. The van der Waals surface area contributed by atoms with Crippen LogP contribution in [0.2, 0.25) is 4.34 Å². The van der Waals surface area contributed by atoms with Crippen molar-refractivity contribution in [3.8, 4) is 11.8 Å². The van der Waals surface area contributed by atoms with Crippen LogP contribution >= 0.6 is 22.9 Å². The molecule has 4 heteroatoms. The molecule has 0 unspecified atom stereocenters. The molecule has 0 spiro atoms. The topological polar surface area (TPSA) is 26.0 Å². The van der Waals surface area contributed by atoms with Gasteiger partial charge in [0.2, 0.25) is 0 Å². The number of hydrogen-bond donors (Lipinski definition) is 0. The maximum absolute atomic E-state index is 5.85. The van der Waals surface area contributed by atoms with Crippen LogP contribution in [-0.4, -0.2) is 4.98 Å². The Bertz CT molecular complexity index is 449. The highest BCUT2D eigenvalue weighted by atomic mass is 35.5. The molecule has 13 heavy (non-hydrogen) atoms. The van der Waals surface area contributed by atoms with E-state index in [4.69, 9.17) is 16.0 Å². The molecule has 0 saturated heterocycles. The SMILES string of the molecule is Clc1sccc1C#Cc1cocn1. The molecule has 0 fully saturated rings. The molecular weight excluding hydrogens is 206 g/mol. The van der Waals surface area contributed by atoms with Crippen LogP contribution in [0.1, 0.15) is 11.3 Å². The van der Waals surface area contributed by atoms with E-state index in [1.54, 1.807) is 0 Å². The first-order chi connectivity index (χ1) is 6.36. The lowest BCUT2D eigenvalue weighted by atomic mass is 10.3. The minimum Gasteiger partial charge on any atom is -0.450 e. The van der Waals surface area contributed by atoms with Crippen molar-refractivity contribution in [1.29, 1.82) is 0 Å². The molecule has 2 aromatic heterocycles. The fraction of sp³-hybridized carbons (Fsp3) is 0. The number of oxazole rings is 1. The second-order valence-electron chi connectivity index (χ2n) is 2.23. The molecule has 0 aromatic carbocycles. The van der Waals surface area contributed by atoms with Crippen molar-refractivity contribution in [3.63, 3.8) is 0 Å². The molecule has 0 N–H and O–H groups in total. The van der Waals surface area contributed by atoms with E-state index >= 15 is 0 Å². The Balaban J connectivity index is 2.27. The summed E-state index contributed by atoms with van der Waals surface area (Å²) in [6.45, 7) is 0. The third-order valence-electron chi connectivity index (χ3n) is 1.38. The first kappa shape index (κ1) is 8.36. The van der Waals surface area contributed by atoms with Crippen LogP contribution in [0.4, 0.5) is 0 Å². The highest BCUT2D eigenvalue weighted by Crippen LogP contribution is 2.21. The van der Waals surface area contributed by atoms with Crippen LogP contribution in [-0.2, 0) is 0 Å². The summed E-state index contributed by atoms with van der Waals surface area (Å²) in [6, 6.07) is 1.88. The van der Waals surface area contributed by atoms with Gasteiger partial charge in [0.05, 0.1) is 5.56 Å². The second kappa shape index (κ2) is 3.65. The molecule has 0 aliphatic rings. The summed E-state index contributed by atoms with van der Waals surface area (Å²) >= 11 is 7.31. The zero-order valence-corrected chi connectivity index (χ0v) is 8.02. The predicted molar refractivity (Wildman–Crippen MR) is 51.8 cm³/mol. The summed E-state index contributed by atoms with van der Waals surface area (Å²) in [5.74, 6) is 5.74. The maximum atomic E-state index is 5.85. The molecule has 2 heterocycles. The molecule has 0 radical (unpaired) electrons. The van der Waals surface area contributed by atoms with Crippen molar-refractivity contribution in [3.05, 3.63) is 39.7 Å². The summed E-state index contributed by atoms with van der Waals surface area (Å²) in [6.07, 6.45) is 2.84. The molecule has 0 saturated carbocycles. The van der Waals surface area contributed by atoms with Gasteiger partial charge in [0.1, 0.15) is 10.6 Å². The van der Waals surface area contributed by atoms with Gasteiger partial charge in [0.25, 0.3) is 0 Å². The van der Waals surface area contributed by atoms with E-state index in [-0.39, 0.29) is 0 Å². The van der Waals surface area contributed by atoms with E-state index in [0.717, 1.165) is 5.56 Å². The first-order valence-electron chi connectivity index (χ1n) is 3.49. The van der Waals surface area contributed by atoms with Crippen LogP contribution in [0.5, 0.6) is 0 Å². The molecule has 2 aromatic rings. The summed E-state index contributed by atoms with van der Waals surface area (Å²) in [4.78, 5) is 3.87. The van der Waals surface area contributed by atoms with Crippen molar-refractivity contribution in [2.24, 2.45) is 0 Å². The number of halogens is 1. The van der Waals surface area contributed by atoms with Crippen molar-refractivity contribution in [2.75, 3.05) is 0 Å². The zero-order valence-electron chi connectivity index (χ0n) is 6.45. The van der Waals surface area contributed by atoms with Gasteiger partial charge in [-0.25, -0.2) is 4.98 Å². The largest absolute Gasteiger partial charge is 0.450 e. The molecule has 0 aliphatic heterocycles. The Labute approximate surface area is 84.2 Å². The second-order valence-corrected chi connectivity index (χ2v) is 3.75. The number of rotatable bonds is 0. The van der Waals surface area contributed by atoms with Crippen molar-refractivity contribution < 1.29 is 4.42 Å². The van der Waals surface area contributed by atoms with Gasteiger partial charge in [-0.15, -0.1) is 11.3 Å². The van der Waals surface area contributed by atoms with E-state index in [1.807, 2.05) is 11.4 Å². The van der Waals surface area contributed by atoms with Gasteiger partial charge in [0.15, 0.2) is 12.1 Å². The van der Waals surface area contributed by atoms with Gasteiger partial charge in [-0.2, -0.15) is 0 Å². The van der Waals surface area contributed by atoms with Crippen LogP contribution < -0.4 is 0 Å². The van der Waals surface area contributed by atoms with E-state index in [2.05, 4.69) is 16.8 Å². The lowest BCUT2D eigenvalue weighted by molar-refractivity contribution is 0.557. The summed E-state index contributed by atoms with van der Waals surface area (Å²) in [5.41, 5.74) is 1.44. The van der Waals surface area contributed by atoms with E-state index in [0.29, 0.717) is 10.0 Å². The minimum absolute atomic E-state index is 0.613. The molecule has 0 bridgehead atoms. The summed E-state index contributed by atoms with van der Waals surface area (Å²) in [5, 5.41) is 1.90. The summed E-state index contributed by atoms with van der Waals surface area (Å²) in [7, 11) is 0. The molecule has 2 rings (SSSR count). The fourth-order valence-corrected chi connectivity index (χ4v) is 1.62.